The Labute approximate surface area is 121 Å². The maximum Gasteiger partial charge on any atom is 0.315 e. The molecule has 0 bridgehead atoms. The molecule has 0 saturated heterocycles. The minimum absolute atomic E-state index is 0.117. The van der Waals surface area contributed by atoms with Gasteiger partial charge in [-0.15, -0.1) is 0 Å². The van der Waals surface area contributed by atoms with Crippen LogP contribution in [0.15, 0.2) is 47.3 Å². The Kier molecular flexibility index (Phi) is 5.03. The summed E-state index contributed by atoms with van der Waals surface area (Å²) in [5.74, 6) is 0. The van der Waals surface area contributed by atoms with Crippen molar-refractivity contribution in [1.29, 1.82) is 0 Å². The van der Waals surface area contributed by atoms with Gasteiger partial charge in [-0.25, -0.2) is 4.79 Å². The van der Waals surface area contributed by atoms with E-state index in [0.717, 1.165) is 5.56 Å². The molecule has 5 nitrogen and oxygen atoms in total. The van der Waals surface area contributed by atoms with Crippen molar-refractivity contribution in [2.75, 3.05) is 6.54 Å². The largest absolute Gasteiger partial charge is 0.472 e. The lowest BCUT2D eigenvalue weighted by Gasteiger charge is -2.11. The molecular formula is C14H15ClN2O3. The molecule has 0 aliphatic carbocycles. The fourth-order valence-corrected chi connectivity index (χ4v) is 1.74. The first-order valence-corrected chi connectivity index (χ1v) is 6.49. The van der Waals surface area contributed by atoms with Crippen LogP contribution in [0.5, 0.6) is 0 Å². The minimum atomic E-state index is -0.782. The van der Waals surface area contributed by atoms with Crippen LogP contribution >= 0.6 is 11.6 Å². The molecule has 1 atom stereocenters. The predicted octanol–water partition coefficient (Wildman–Crippen LogP) is 2.47. The predicted molar refractivity (Wildman–Crippen MR) is 75.4 cm³/mol. The molecular weight excluding hydrogens is 280 g/mol. The van der Waals surface area contributed by atoms with Gasteiger partial charge in [-0.2, -0.15) is 0 Å². The lowest BCUT2D eigenvalue weighted by atomic mass is 10.2. The lowest BCUT2D eigenvalue weighted by Crippen LogP contribution is -2.37. The third kappa shape index (κ3) is 4.29. The van der Waals surface area contributed by atoms with Crippen molar-refractivity contribution in [1.82, 2.24) is 10.6 Å². The van der Waals surface area contributed by atoms with Gasteiger partial charge in [0.15, 0.2) is 0 Å². The molecule has 3 N–H and O–H groups in total. The molecule has 2 rings (SSSR count). The Hall–Kier alpha value is -1.98. The first kappa shape index (κ1) is 14.4. The van der Waals surface area contributed by atoms with Gasteiger partial charge in [0.05, 0.1) is 18.6 Å². The van der Waals surface area contributed by atoms with E-state index < -0.39 is 6.10 Å². The quantitative estimate of drug-likeness (QED) is 0.793. The molecule has 2 amide bonds. The molecule has 1 heterocycles. The summed E-state index contributed by atoms with van der Waals surface area (Å²) in [6, 6.07) is 8.50. The Balaban J connectivity index is 1.71. The van der Waals surface area contributed by atoms with Gasteiger partial charge < -0.3 is 20.2 Å². The number of carbonyl (C=O) groups excluding carboxylic acids is 1. The maximum absolute atomic E-state index is 11.6. The molecule has 20 heavy (non-hydrogen) atoms. The van der Waals surface area contributed by atoms with E-state index >= 15 is 0 Å². The second-order valence-corrected chi connectivity index (χ2v) is 4.70. The summed E-state index contributed by atoms with van der Waals surface area (Å²) in [4.78, 5) is 11.6. The zero-order valence-electron chi connectivity index (χ0n) is 10.7. The minimum Gasteiger partial charge on any atom is -0.472 e. The molecule has 0 radical (unpaired) electrons. The van der Waals surface area contributed by atoms with E-state index in [0.29, 0.717) is 17.1 Å². The molecule has 0 saturated carbocycles. The van der Waals surface area contributed by atoms with Gasteiger partial charge in [-0.1, -0.05) is 23.7 Å². The summed E-state index contributed by atoms with van der Waals surface area (Å²) in [5.41, 5.74) is 1.57. The number of hydrogen-bond donors (Lipinski definition) is 3. The average Bonchev–Trinajstić information content (AvgIpc) is 2.98. The normalized spacial score (nSPS) is 11.9. The van der Waals surface area contributed by atoms with Gasteiger partial charge in [0.2, 0.25) is 0 Å². The second kappa shape index (κ2) is 6.98. The highest BCUT2D eigenvalue weighted by Crippen LogP contribution is 2.11. The maximum atomic E-state index is 11.6. The van der Waals surface area contributed by atoms with E-state index in [1.54, 1.807) is 18.2 Å². The molecule has 0 aliphatic rings. The van der Waals surface area contributed by atoms with Crippen molar-refractivity contribution in [3.05, 3.63) is 59.0 Å². The summed E-state index contributed by atoms with van der Waals surface area (Å²) in [6.07, 6.45) is 2.13. The first-order valence-electron chi connectivity index (χ1n) is 6.11. The number of benzene rings is 1. The molecule has 1 unspecified atom stereocenters. The number of aliphatic hydroxyl groups is 1. The summed E-state index contributed by atoms with van der Waals surface area (Å²) < 4.78 is 4.86. The molecule has 6 heteroatoms. The van der Waals surface area contributed by atoms with Crippen LogP contribution < -0.4 is 10.6 Å². The number of urea groups is 1. The van der Waals surface area contributed by atoms with Crippen LogP contribution in [0.25, 0.3) is 0 Å². The molecule has 2 aromatic rings. The first-order chi connectivity index (χ1) is 9.65. The monoisotopic (exact) mass is 294 g/mol. The highest BCUT2D eigenvalue weighted by atomic mass is 35.5. The van der Waals surface area contributed by atoms with E-state index in [1.807, 2.05) is 12.1 Å². The number of hydrogen-bond acceptors (Lipinski definition) is 3. The van der Waals surface area contributed by atoms with E-state index in [1.165, 1.54) is 12.5 Å². The average molecular weight is 295 g/mol. The van der Waals surface area contributed by atoms with Crippen molar-refractivity contribution in [2.24, 2.45) is 0 Å². The number of rotatable bonds is 5. The van der Waals surface area contributed by atoms with E-state index in [4.69, 9.17) is 16.0 Å². The van der Waals surface area contributed by atoms with E-state index in [-0.39, 0.29) is 12.6 Å². The Bertz CT molecular complexity index is 540. The lowest BCUT2D eigenvalue weighted by molar-refractivity contribution is 0.172. The smallest absolute Gasteiger partial charge is 0.315 e. The number of furan rings is 1. The molecule has 1 aromatic carbocycles. The third-order valence-electron chi connectivity index (χ3n) is 2.75. The van der Waals surface area contributed by atoms with Crippen LogP contribution in [0, 0.1) is 0 Å². The molecule has 0 fully saturated rings. The van der Waals surface area contributed by atoms with Gasteiger partial charge in [-0.3, -0.25) is 0 Å². The zero-order valence-corrected chi connectivity index (χ0v) is 11.4. The van der Waals surface area contributed by atoms with Crippen molar-refractivity contribution >= 4 is 17.6 Å². The summed E-state index contributed by atoms with van der Waals surface area (Å²) in [5, 5.41) is 15.7. The van der Waals surface area contributed by atoms with Gasteiger partial charge in [0.25, 0.3) is 0 Å². The Morgan fingerprint density at radius 2 is 2.00 bits per heavy atom. The fourth-order valence-electron chi connectivity index (χ4n) is 1.62. The van der Waals surface area contributed by atoms with Gasteiger partial charge >= 0.3 is 6.03 Å². The topological polar surface area (TPSA) is 74.5 Å². The van der Waals surface area contributed by atoms with Crippen molar-refractivity contribution in [3.63, 3.8) is 0 Å². The van der Waals surface area contributed by atoms with E-state index in [9.17, 15) is 9.90 Å². The fraction of sp³-hybridized carbons (Fsp3) is 0.214. The standard InChI is InChI=1S/C14H15ClN2O3/c15-12-3-1-10(2-4-12)7-16-14(19)17-8-13(18)11-5-6-20-9-11/h1-6,9,13,18H,7-8H2,(H2,16,17,19). The van der Waals surface area contributed by atoms with Gasteiger partial charge in [0.1, 0.15) is 0 Å². The number of amides is 2. The summed E-state index contributed by atoms with van der Waals surface area (Å²) in [7, 11) is 0. The Morgan fingerprint density at radius 1 is 1.25 bits per heavy atom. The van der Waals surface area contributed by atoms with E-state index in [2.05, 4.69) is 10.6 Å². The number of aliphatic hydroxyl groups excluding tert-OH is 1. The summed E-state index contributed by atoms with van der Waals surface area (Å²) >= 11 is 5.77. The van der Waals surface area contributed by atoms with Crippen LogP contribution in [0.1, 0.15) is 17.2 Å². The van der Waals surface area contributed by atoms with Crippen LogP contribution in [0.3, 0.4) is 0 Å². The number of nitrogens with one attached hydrogen (secondary N) is 2. The number of halogens is 1. The SMILES string of the molecule is O=C(NCc1ccc(Cl)cc1)NCC(O)c1ccoc1. The second-order valence-electron chi connectivity index (χ2n) is 4.26. The zero-order chi connectivity index (χ0) is 14.4. The van der Waals surface area contributed by atoms with Crippen LogP contribution in [0.2, 0.25) is 5.02 Å². The molecule has 106 valence electrons. The van der Waals surface area contributed by atoms with Crippen molar-refractivity contribution in [2.45, 2.75) is 12.6 Å². The van der Waals surface area contributed by atoms with Crippen molar-refractivity contribution in [3.8, 4) is 0 Å². The van der Waals surface area contributed by atoms with Crippen LogP contribution in [-0.4, -0.2) is 17.7 Å². The third-order valence-corrected chi connectivity index (χ3v) is 3.00. The molecule has 0 aliphatic heterocycles. The van der Waals surface area contributed by atoms with Gasteiger partial charge in [-0.05, 0) is 23.8 Å². The highest BCUT2D eigenvalue weighted by Gasteiger charge is 2.10. The summed E-state index contributed by atoms with van der Waals surface area (Å²) in [6.45, 7) is 0.511. The Morgan fingerprint density at radius 3 is 2.65 bits per heavy atom. The number of carbonyl (C=O) groups is 1. The highest BCUT2D eigenvalue weighted by molar-refractivity contribution is 6.30. The molecule has 0 spiro atoms. The van der Waals surface area contributed by atoms with Gasteiger partial charge in [0, 0.05) is 23.7 Å². The molecule has 1 aromatic heterocycles. The van der Waals surface area contributed by atoms with Crippen LogP contribution in [0.4, 0.5) is 4.79 Å². The van der Waals surface area contributed by atoms with Crippen molar-refractivity contribution < 1.29 is 14.3 Å². The van der Waals surface area contributed by atoms with Crippen LogP contribution in [-0.2, 0) is 6.54 Å².